The molecule has 2 atom stereocenters. The van der Waals surface area contributed by atoms with Crippen molar-refractivity contribution in [1.29, 1.82) is 0 Å². The highest BCUT2D eigenvalue weighted by Crippen LogP contribution is 2.18. The predicted molar refractivity (Wildman–Crippen MR) is 356 cm³/mol. The molecule has 0 saturated heterocycles. The number of aliphatic hydroxyl groups excluding tert-OH is 2. The third-order valence-corrected chi connectivity index (χ3v) is 16.8. The molecule has 0 aliphatic heterocycles. The minimum atomic E-state index is -0.840. The zero-order chi connectivity index (χ0) is 58.5. The highest BCUT2D eigenvalue weighted by atomic mass is 16.5. The lowest BCUT2D eigenvalue weighted by Gasteiger charge is -2.20. The predicted octanol–water partition coefficient (Wildman–Crippen LogP) is 23.6. The maximum atomic E-state index is 12.4. The van der Waals surface area contributed by atoms with Gasteiger partial charge in [0.2, 0.25) is 5.91 Å². The monoisotopic (exact) mass is 1140 g/mol. The van der Waals surface area contributed by atoms with Gasteiger partial charge in [-0.1, -0.05) is 339 Å². The Kier molecular flexibility index (Phi) is 68.4. The summed E-state index contributed by atoms with van der Waals surface area (Å²) in [5, 5.41) is 23.0. The first-order valence-electron chi connectivity index (χ1n) is 36.4. The molecule has 0 bridgehead atoms. The Morgan fingerprint density at radius 3 is 0.975 bits per heavy atom. The molecule has 0 rings (SSSR count). The average molecular weight is 1140 g/mol. The summed E-state index contributed by atoms with van der Waals surface area (Å²) < 4.78 is 5.50. The van der Waals surface area contributed by atoms with Crippen molar-refractivity contribution < 1.29 is 24.5 Å². The maximum absolute atomic E-state index is 12.4. The van der Waals surface area contributed by atoms with Gasteiger partial charge in [-0.25, -0.2) is 0 Å². The first-order chi connectivity index (χ1) is 40.0. The van der Waals surface area contributed by atoms with Crippen LogP contribution in [0.3, 0.4) is 0 Å². The Morgan fingerprint density at radius 1 is 0.346 bits per heavy atom. The highest BCUT2D eigenvalue weighted by Gasteiger charge is 2.18. The van der Waals surface area contributed by atoms with Gasteiger partial charge in [0.1, 0.15) is 0 Å². The van der Waals surface area contributed by atoms with Crippen LogP contribution in [0.25, 0.3) is 0 Å². The molecule has 0 aliphatic rings. The van der Waals surface area contributed by atoms with Crippen molar-refractivity contribution in [2.24, 2.45) is 0 Å². The van der Waals surface area contributed by atoms with Crippen molar-refractivity contribution in [1.82, 2.24) is 5.32 Å². The molecule has 0 aliphatic carbocycles. The fourth-order valence-electron chi connectivity index (χ4n) is 11.3. The van der Waals surface area contributed by atoms with E-state index in [0.717, 1.165) is 51.4 Å². The summed E-state index contributed by atoms with van der Waals surface area (Å²) in [6, 6.07) is -0.623. The summed E-state index contributed by atoms with van der Waals surface area (Å²) in [6.45, 7) is 4.88. The van der Waals surface area contributed by atoms with Crippen LogP contribution in [0.15, 0.2) is 48.6 Å². The van der Waals surface area contributed by atoms with Crippen LogP contribution < -0.4 is 5.32 Å². The van der Waals surface area contributed by atoms with Gasteiger partial charge in [0.25, 0.3) is 0 Å². The lowest BCUT2D eigenvalue weighted by Crippen LogP contribution is -2.45. The van der Waals surface area contributed by atoms with E-state index in [2.05, 4.69) is 55.6 Å². The fraction of sp³-hybridized carbons (Fsp3) is 0.867. The quantitative estimate of drug-likeness (QED) is 0.0320. The molecule has 0 spiro atoms. The lowest BCUT2D eigenvalue weighted by molar-refractivity contribution is -0.143. The van der Waals surface area contributed by atoms with Crippen molar-refractivity contribution in [3.05, 3.63) is 48.6 Å². The van der Waals surface area contributed by atoms with Crippen molar-refractivity contribution >= 4 is 11.9 Å². The zero-order valence-electron chi connectivity index (χ0n) is 54.5. The van der Waals surface area contributed by atoms with Gasteiger partial charge in [-0.05, 0) is 89.9 Å². The average Bonchev–Trinajstić information content (AvgIpc) is 3.47. The molecule has 3 N–H and O–H groups in total. The minimum absolute atomic E-state index is 0.0135. The second kappa shape index (κ2) is 70.3. The maximum Gasteiger partial charge on any atom is 0.305 e. The molecular weight excluding hydrogens is 995 g/mol. The second-order valence-electron chi connectivity index (χ2n) is 24.9. The summed E-state index contributed by atoms with van der Waals surface area (Å²) in [5.74, 6) is -0.0513. The largest absolute Gasteiger partial charge is 0.466 e. The number of rotatable bonds is 68. The van der Waals surface area contributed by atoms with E-state index in [4.69, 9.17) is 4.74 Å². The van der Waals surface area contributed by atoms with Crippen LogP contribution in [0.1, 0.15) is 393 Å². The third kappa shape index (κ3) is 66.8. The molecule has 0 heterocycles. The molecule has 6 heteroatoms. The van der Waals surface area contributed by atoms with E-state index in [0.29, 0.717) is 19.4 Å². The smallest absolute Gasteiger partial charge is 0.305 e. The number of allylic oxidation sites excluding steroid dienone is 7. The Bertz CT molecular complexity index is 1360. The number of carbonyl (C=O) groups excluding carboxylic acids is 2. The van der Waals surface area contributed by atoms with Gasteiger partial charge in [0, 0.05) is 12.8 Å². The number of amides is 1. The zero-order valence-corrected chi connectivity index (χ0v) is 54.5. The van der Waals surface area contributed by atoms with Gasteiger partial charge in [0.05, 0.1) is 25.4 Å². The van der Waals surface area contributed by atoms with Gasteiger partial charge < -0.3 is 20.3 Å². The van der Waals surface area contributed by atoms with Gasteiger partial charge in [-0.2, -0.15) is 0 Å². The van der Waals surface area contributed by atoms with Gasteiger partial charge in [0.15, 0.2) is 0 Å². The molecule has 6 nitrogen and oxygen atoms in total. The number of hydrogen-bond acceptors (Lipinski definition) is 5. The molecule has 476 valence electrons. The highest BCUT2D eigenvalue weighted by molar-refractivity contribution is 5.76. The second-order valence-corrected chi connectivity index (χ2v) is 24.9. The Morgan fingerprint density at radius 2 is 0.617 bits per heavy atom. The topological polar surface area (TPSA) is 95.9 Å². The van der Waals surface area contributed by atoms with Crippen LogP contribution in [-0.2, 0) is 14.3 Å². The molecule has 2 unspecified atom stereocenters. The number of carbonyl (C=O) groups is 2. The molecular formula is C75H141NO5. The van der Waals surface area contributed by atoms with Crippen molar-refractivity contribution in [2.75, 3.05) is 13.2 Å². The molecule has 0 fully saturated rings. The van der Waals surface area contributed by atoms with Crippen LogP contribution in [0.2, 0.25) is 0 Å². The molecule has 0 radical (unpaired) electrons. The first-order valence-corrected chi connectivity index (χ1v) is 36.4. The van der Waals surface area contributed by atoms with Gasteiger partial charge in [-0.15, -0.1) is 0 Å². The van der Waals surface area contributed by atoms with Crippen LogP contribution >= 0.6 is 0 Å². The summed E-state index contributed by atoms with van der Waals surface area (Å²) in [7, 11) is 0. The number of nitrogens with one attached hydrogen (secondary N) is 1. The van der Waals surface area contributed by atoms with Gasteiger partial charge in [-0.3, -0.25) is 9.59 Å². The number of unbranched alkanes of at least 4 members (excludes halogenated alkanes) is 51. The summed E-state index contributed by atoms with van der Waals surface area (Å²) in [5.41, 5.74) is 0. The van der Waals surface area contributed by atoms with Crippen LogP contribution in [-0.4, -0.2) is 47.4 Å². The van der Waals surface area contributed by atoms with Crippen molar-refractivity contribution in [2.45, 2.75) is 405 Å². The van der Waals surface area contributed by atoms with E-state index in [1.54, 1.807) is 6.08 Å². The van der Waals surface area contributed by atoms with E-state index in [1.165, 1.54) is 315 Å². The molecule has 81 heavy (non-hydrogen) atoms. The van der Waals surface area contributed by atoms with Crippen molar-refractivity contribution in [3.63, 3.8) is 0 Å². The standard InChI is InChI=1S/C75H141NO5/c1-3-5-7-9-11-13-15-16-17-39-43-46-49-53-57-61-65-69-75(80)81-70-66-62-58-54-50-47-44-41-38-36-34-32-30-28-26-24-22-20-18-19-21-23-25-27-29-31-33-35-37-40-42-45-48-52-56-60-64-68-74(79)76-72(71-77)73(78)67-63-59-55-51-14-12-10-8-6-4-2/h11,13,16-18,20,63,67,72-73,77-78H,3-10,12,14-15,19,21-62,64-66,68-71H2,1-2H3,(H,76,79)/b13-11-,17-16-,20-18-,67-63+. The lowest BCUT2D eigenvalue weighted by atomic mass is 10.0. The van der Waals surface area contributed by atoms with E-state index < -0.39 is 12.1 Å². The number of esters is 1. The Hall–Kier alpha value is -2.18. The van der Waals surface area contributed by atoms with E-state index >= 15 is 0 Å². The SMILES string of the molecule is CCCCC/C=C\C/C=C\CCCCCCCCCC(=O)OCCCCCCCCCCCCCCCCCC/C=C\CCCCCCCCCCCCCCCCCCCC(=O)NC(CO)C(O)/C=C/CCCCCCCCCC. The Labute approximate surface area is 506 Å². The van der Waals surface area contributed by atoms with E-state index in [-0.39, 0.29) is 18.5 Å². The minimum Gasteiger partial charge on any atom is -0.466 e. The first kappa shape index (κ1) is 78.8. The molecule has 0 saturated carbocycles. The number of hydrogen-bond donors (Lipinski definition) is 3. The van der Waals surface area contributed by atoms with Crippen LogP contribution in [0.5, 0.6) is 0 Å². The summed E-state index contributed by atoms with van der Waals surface area (Å²) in [6.07, 6.45) is 92.2. The molecule has 0 aromatic heterocycles. The van der Waals surface area contributed by atoms with E-state index in [9.17, 15) is 19.8 Å². The van der Waals surface area contributed by atoms with Crippen LogP contribution in [0, 0.1) is 0 Å². The summed E-state index contributed by atoms with van der Waals surface area (Å²) >= 11 is 0. The molecule has 0 aromatic rings. The van der Waals surface area contributed by atoms with Gasteiger partial charge >= 0.3 is 5.97 Å². The normalized spacial score (nSPS) is 12.8. The van der Waals surface area contributed by atoms with E-state index in [1.807, 2.05) is 6.08 Å². The Balaban J connectivity index is 3.32. The third-order valence-electron chi connectivity index (χ3n) is 16.8. The molecule has 0 aromatic carbocycles. The number of ether oxygens (including phenoxy) is 1. The summed E-state index contributed by atoms with van der Waals surface area (Å²) in [4.78, 5) is 24.5. The van der Waals surface area contributed by atoms with Crippen molar-refractivity contribution in [3.8, 4) is 0 Å². The molecule has 1 amide bonds. The number of aliphatic hydroxyl groups is 2. The fourth-order valence-corrected chi connectivity index (χ4v) is 11.3. The van der Waals surface area contributed by atoms with Crippen LogP contribution in [0.4, 0.5) is 0 Å².